The van der Waals surface area contributed by atoms with Crippen molar-refractivity contribution in [3.63, 3.8) is 0 Å². The summed E-state index contributed by atoms with van der Waals surface area (Å²) in [5.41, 5.74) is 0. The van der Waals surface area contributed by atoms with Crippen molar-refractivity contribution >= 4 is 27.5 Å². The van der Waals surface area contributed by atoms with Gasteiger partial charge in [0, 0.05) is 10.5 Å². The summed E-state index contributed by atoms with van der Waals surface area (Å²) >= 11 is 9.06. The van der Waals surface area contributed by atoms with E-state index in [1.54, 1.807) is 18.2 Å². The molecule has 0 N–H and O–H groups in total. The maximum absolute atomic E-state index is 5.71. The largest absolute Gasteiger partial charge is 0.448 e. The van der Waals surface area contributed by atoms with E-state index in [1.807, 2.05) is 6.07 Å². The molecule has 1 aliphatic rings. The topological polar surface area (TPSA) is 44.2 Å². The van der Waals surface area contributed by atoms with E-state index in [4.69, 9.17) is 21.1 Å². The molecule has 0 fully saturated rings. The van der Waals surface area contributed by atoms with Crippen LogP contribution in [0.1, 0.15) is 0 Å². The van der Waals surface area contributed by atoms with Gasteiger partial charge >= 0.3 is 0 Å². The molecule has 6 heteroatoms. The number of halogens is 2. The van der Waals surface area contributed by atoms with Crippen molar-refractivity contribution < 1.29 is 9.47 Å². The first-order valence-corrected chi connectivity index (χ1v) is 5.58. The van der Waals surface area contributed by atoms with E-state index < -0.39 is 0 Å². The predicted molar refractivity (Wildman–Crippen MR) is 61.3 cm³/mol. The second-order valence-corrected chi connectivity index (χ2v) is 4.43. The van der Waals surface area contributed by atoms with Gasteiger partial charge in [-0.3, -0.25) is 0 Å². The van der Waals surface area contributed by atoms with E-state index in [1.165, 1.54) is 0 Å². The summed E-state index contributed by atoms with van der Waals surface area (Å²) in [6.45, 7) is 0. The molecule has 0 saturated carbocycles. The normalized spacial score (nSPS) is 12.1. The molecule has 2 heterocycles. The predicted octanol–water partition coefficient (Wildman–Crippen LogP) is 3.79. The van der Waals surface area contributed by atoms with Gasteiger partial charge in [-0.1, -0.05) is 27.5 Å². The molecular weight excluding hydrogens is 295 g/mol. The Morgan fingerprint density at radius 3 is 2.75 bits per heavy atom. The number of rotatable bonds is 0. The van der Waals surface area contributed by atoms with Crippen molar-refractivity contribution in [1.82, 2.24) is 10.2 Å². The smallest absolute Gasteiger partial charge is 0.282 e. The highest BCUT2D eigenvalue weighted by Gasteiger charge is 2.20. The maximum Gasteiger partial charge on any atom is 0.282 e. The van der Waals surface area contributed by atoms with Gasteiger partial charge in [0.25, 0.3) is 5.88 Å². The lowest BCUT2D eigenvalue weighted by molar-refractivity contribution is 0.343. The van der Waals surface area contributed by atoms with Gasteiger partial charge in [-0.25, -0.2) is 0 Å². The molecule has 16 heavy (non-hydrogen) atoms. The number of aromatic nitrogens is 2. The first-order chi connectivity index (χ1) is 7.72. The minimum Gasteiger partial charge on any atom is -0.448 e. The lowest BCUT2D eigenvalue weighted by Crippen LogP contribution is -2.01. The van der Waals surface area contributed by atoms with Crippen molar-refractivity contribution in [1.29, 1.82) is 0 Å². The van der Waals surface area contributed by atoms with E-state index in [2.05, 4.69) is 26.1 Å². The summed E-state index contributed by atoms with van der Waals surface area (Å²) in [5, 5.41) is 7.76. The summed E-state index contributed by atoms with van der Waals surface area (Å²) < 4.78 is 12.0. The molecule has 0 aliphatic carbocycles. The number of benzene rings is 1. The molecule has 80 valence electrons. The van der Waals surface area contributed by atoms with Crippen LogP contribution in [0.4, 0.5) is 0 Å². The Balaban J connectivity index is 2.09. The van der Waals surface area contributed by atoms with Crippen LogP contribution in [0.25, 0.3) is 0 Å². The van der Waals surface area contributed by atoms with Gasteiger partial charge in [0.2, 0.25) is 0 Å². The molecule has 0 atom stereocenters. The Hall–Kier alpha value is -1.33. The molecule has 1 aromatic carbocycles. The maximum atomic E-state index is 5.71. The minimum absolute atomic E-state index is 0.267. The standard InChI is InChI=1S/C10H4BrClN2O2/c11-5-1-2-6-7(3-5)16-10-8(15-6)4-9(12)13-14-10/h1-4H. The van der Waals surface area contributed by atoms with Crippen LogP contribution in [0, 0.1) is 0 Å². The zero-order chi connectivity index (χ0) is 11.1. The van der Waals surface area contributed by atoms with E-state index in [0.717, 1.165) is 4.47 Å². The van der Waals surface area contributed by atoms with E-state index in [-0.39, 0.29) is 5.15 Å². The molecule has 0 saturated heterocycles. The average Bonchev–Trinajstić information content (AvgIpc) is 2.26. The van der Waals surface area contributed by atoms with Crippen molar-refractivity contribution in [3.8, 4) is 23.1 Å². The molecule has 0 radical (unpaired) electrons. The van der Waals surface area contributed by atoms with Crippen molar-refractivity contribution in [3.05, 3.63) is 33.9 Å². The average molecular weight is 300 g/mol. The fraction of sp³-hybridized carbons (Fsp3) is 0. The summed E-state index contributed by atoms with van der Waals surface area (Å²) in [4.78, 5) is 0. The van der Waals surface area contributed by atoms with Crippen LogP contribution in [0.15, 0.2) is 28.7 Å². The molecule has 0 spiro atoms. The van der Waals surface area contributed by atoms with Crippen LogP contribution in [0.5, 0.6) is 23.1 Å². The van der Waals surface area contributed by atoms with Gasteiger partial charge in [-0.2, -0.15) is 0 Å². The number of ether oxygens (including phenoxy) is 2. The van der Waals surface area contributed by atoms with Gasteiger partial charge in [0.05, 0.1) is 0 Å². The number of nitrogens with zero attached hydrogens (tertiary/aromatic N) is 2. The monoisotopic (exact) mass is 298 g/mol. The Morgan fingerprint density at radius 2 is 1.88 bits per heavy atom. The summed E-state index contributed by atoms with van der Waals surface area (Å²) in [6.07, 6.45) is 0. The van der Waals surface area contributed by atoms with Gasteiger partial charge in [0.15, 0.2) is 22.4 Å². The Bertz CT molecular complexity index is 525. The molecule has 0 unspecified atom stereocenters. The summed E-state index contributed by atoms with van der Waals surface area (Å²) in [5.74, 6) is 2.00. The van der Waals surface area contributed by atoms with Gasteiger partial charge in [-0.05, 0) is 18.2 Å². The van der Waals surface area contributed by atoms with Gasteiger partial charge in [-0.15, -0.1) is 10.2 Å². The SMILES string of the molecule is Clc1cc2c(nn1)Oc1cc(Br)ccc1O2. The van der Waals surface area contributed by atoms with Gasteiger partial charge < -0.3 is 9.47 Å². The fourth-order valence-electron chi connectivity index (χ4n) is 1.35. The molecular formula is C10H4BrClN2O2. The van der Waals surface area contributed by atoms with Crippen LogP contribution >= 0.6 is 27.5 Å². The van der Waals surface area contributed by atoms with Crippen molar-refractivity contribution in [2.45, 2.75) is 0 Å². The number of hydrogen-bond acceptors (Lipinski definition) is 4. The van der Waals surface area contributed by atoms with Crippen LogP contribution in [-0.2, 0) is 0 Å². The Kier molecular flexibility index (Phi) is 2.22. The highest BCUT2D eigenvalue weighted by Crippen LogP contribution is 2.44. The quantitative estimate of drug-likeness (QED) is 0.633. The fourth-order valence-corrected chi connectivity index (χ4v) is 1.83. The van der Waals surface area contributed by atoms with Crippen LogP contribution in [0.2, 0.25) is 5.15 Å². The van der Waals surface area contributed by atoms with E-state index in [0.29, 0.717) is 23.1 Å². The number of hydrogen-bond donors (Lipinski definition) is 0. The second-order valence-electron chi connectivity index (χ2n) is 3.13. The molecule has 3 rings (SSSR count). The molecule has 1 aliphatic heterocycles. The minimum atomic E-state index is 0.267. The zero-order valence-corrected chi connectivity index (χ0v) is 10.1. The highest BCUT2D eigenvalue weighted by molar-refractivity contribution is 9.10. The molecule has 1 aromatic heterocycles. The Labute approximate surface area is 104 Å². The molecule has 0 bridgehead atoms. The molecule has 0 amide bonds. The highest BCUT2D eigenvalue weighted by atomic mass is 79.9. The summed E-state index contributed by atoms with van der Waals surface area (Å²) in [7, 11) is 0. The van der Waals surface area contributed by atoms with E-state index in [9.17, 15) is 0 Å². The van der Waals surface area contributed by atoms with Crippen LogP contribution in [-0.4, -0.2) is 10.2 Å². The molecule has 4 nitrogen and oxygen atoms in total. The van der Waals surface area contributed by atoms with Crippen molar-refractivity contribution in [2.24, 2.45) is 0 Å². The Morgan fingerprint density at radius 1 is 1.00 bits per heavy atom. The third kappa shape index (κ3) is 1.62. The lowest BCUT2D eigenvalue weighted by atomic mass is 10.3. The first-order valence-electron chi connectivity index (χ1n) is 4.41. The first kappa shape index (κ1) is 9.86. The van der Waals surface area contributed by atoms with Gasteiger partial charge in [0.1, 0.15) is 0 Å². The molecule has 2 aromatic rings. The third-order valence-electron chi connectivity index (χ3n) is 2.03. The van der Waals surface area contributed by atoms with Crippen LogP contribution < -0.4 is 9.47 Å². The van der Waals surface area contributed by atoms with Crippen molar-refractivity contribution in [2.75, 3.05) is 0 Å². The summed E-state index contributed by atoms with van der Waals surface area (Å²) in [6, 6.07) is 7.03. The third-order valence-corrected chi connectivity index (χ3v) is 2.71. The number of fused-ring (bicyclic) bond motifs is 2. The zero-order valence-electron chi connectivity index (χ0n) is 7.78. The lowest BCUT2D eigenvalue weighted by Gasteiger charge is -2.18. The van der Waals surface area contributed by atoms with Crippen LogP contribution in [0.3, 0.4) is 0 Å². The van der Waals surface area contributed by atoms with E-state index >= 15 is 0 Å². The second kappa shape index (κ2) is 3.61.